The maximum atomic E-state index is 11.7. The molecule has 1 unspecified atom stereocenters. The molecule has 0 aromatic rings. The second-order valence-corrected chi connectivity index (χ2v) is 7.20. The average molecular weight is 287 g/mol. The normalized spacial score (nSPS) is 25.5. The van der Waals surface area contributed by atoms with E-state index in [4.69, 9.17) is 11.6 Å². The van der Waals surface area contributed by atoms with E-state index in [-0.39, 0.29) is 5.75 Å². The van der Waals surface area contributed by atoms with Gasteiger partial charge < -0.3 is 0 Å². The van der Waals surface area contributed by atoms with E-state index in [1.165, 1.54) is 19.3 Å². The smallest absolute Gasteiger partial charge is 0.196 e. The molecule has 18 heavy (non-hydrogen) atoms. The third-order valence-electron chi connectivity index (χ3n) is 2.78. The average Bonchev–Trinajstić information content (AvgIpc) is 2.34. The Morgan fingerprint density at radius 1 is 0.833 bits per heavy atom. The summed E-state index contributed by atoms with van der Waals surface area (Å²) in [4.78, 5) is 0. The number of halogens is 1. The molecule has 1 aliphatic heterocycles. The SMILES string of the molecule is O=S1(=O)CC#CCCCCCCCCC#CC1Cl. The molecule has 4 heteroatoms. The molecule has 0 amide bonds. The van der Waals surface area contributed by atoms with Crippen molar-refractivity contribution in [2.45, 2.75) is 56.1 Å². The zero-order valence-electron chi connectivity index (χ0n) is 10.5. The summed E-state index contributed by atoms with van der Waals surface area (Å²) in [7, 11) is -3.40. The van der Waals surface area contributed by atoms with Crippen molar-refractivity contribution in [2.24, 2.45) is 0 Å². The summed E-state index contributed by atoms with van der Waals surface area (Å²) in [6.07, 6.45) is 8.34. The maximum Gasteiger partial charge on any atom is 0.196 e. The lowest BCUT2D eigenvalue weighted by molar-refractivity contribution is 0.600. The first-order valence-electron chi connectivity index (χ1n) is 6.43. The fourth-order valence-corrected chi connectivity index (χ4v) is 2.67. The van der Waals surface area contributed by atoms with Crippen LogP contribution >= 0.6 is 11.6 Å². The van der Waals surface area contributed by atoms with E-state index in [0.717, 1.165) is 32.1 Å². The summed E-state index contributed by atoms with van der Waals surface area (Å²) >= 11 is 5.78. The molecule has 0 spiro atoms. The summed E-state index contributed by atoms with van der Waals surface area (Å²) in [6, 6.07) is 0. The molecular formula is C14H19ClO2S. The van der Waals surface area contributed by atoms with E-state index in [2.05, 4.69) is 23.7 Å². The number of rotatable bonds is 0. The van der Waals surface area contributed by atoms with Crippen molar-refractivity contribution in [3.8, 4) is 23.7 Å². The molecule has 0 N–H and O–H groups in total. The lowest BCUT2D eigenvalue weighted by Crippen LogP contribution is -2.16. The minimum absolute atomic E-state index is 0.185. The fourth-order valence-electron chi connectivity index (χ4n) is 1.69. The van der Waals surface area contributed by atoms with Crippen molar-refractivity contribution in [1.82, 2.24) is 0 Å². The lowest BCUT2D eigenvalue weighted by Gasteiger charge is -2.00. The van der Waals surface area contributed by atoms with Gasteiger partial charge in [0.2, 0.25) is 0 Å². The molecule has 1 rings (SSSR count). The van der Waals surface area contributed by atoms with E-state index in [1.54, 1.807) is 0 Å². The topological polar surface area (TPSA) is 34.1 Å². The van der Waals surface area contributed by atoms with Gasteiger partial charge in [0, 0.05) is 12.8 Å². The molecule has 0 aromatic carbocycles. The van der Waals surface area contributed by atoms with Crippen LogP contribution in [0, 0.1) is 23.7 Å². The Kier molecular flexibility index (Phi) is 7.25. The van der Waals surface area contributed by atoms with Crippen molar-refractivity contribution < 1.29 is 8.42 Å². The van der Waals surface area contributed by atoms with E-state index < -0.39 is 14.5 Å². The number of sulfone groups is 1. The van der Waals surface area contributed by atoms with E-state index in [9.17, 15) is 8.42 Å². The molecule has 100 valence electrons. The van der Waals surface area contributed by atoms with Crippen molar-refractivity contribution in [3.05, 3.63) is 0 Å². The van der Waals surface area contributed by atoms with Crippen LogP contribution in [0.2, 0.25) is 0 Å². The lowest BCUT2D eigenvalue weighted by atomic mass is 10.1. The van der Waals surface area contributed by atoms with Crippen molar-refractivity contribution in [2.75, 3.05) is 5.75 Å². The summed E-state index contributed by atoms with van der Waals surface area (Å²) in [5, 5.41) is 0. The molecule has 0 saturated heterocycles. The summed E-state index contributed by atoms with van der Waals surface area (Å²) < 4.78 is 22.3. The highest BCUT2D eigenvalue weighted by molar-refractivity contribution is 7.93. The first kappa shape index (κ1) is 15.4. The first-order valence-corrected chi connectivity index (χ1v) is 8.58. The standard InChI is InChI=1S/C14H19ClO2S/c15-14-12-10-8-6-4-2-1-3-5-7-9-11-13-18(14,16)17/h14H,1-8,13H2. The Bertz CT molecular complexity index is 459. The van der Waals surface area contributed by atoms with Gasteiger partial charge in [-0.1, -0.05) is 49.1 Å². The predicted octanol–water partition coefficient (Wildman–Crippen LogP) is 3.11. The third-order valence-corrected chi connectivity index (χ3v) is 5.00. The summed E-state index contributed by atoms with van der Waals surface area (Å²) in [5.74, 6) is 10.8. The Morgan fingerprint density at radius 2 is 1.39 bits per heavy atom. The maximum absolute atomic E-state index is 11.7. The fraction of sp³-hybridized carbons (Fsp3) is 0.714. The van der Waals surface area contributed by atoms with Crippen LogP contribution in [0.25, 0.3) is 0 Å². The van der Waals surface area contributed by atoms with Gasteiger partial charge in [-0.2, -0.15) is 0 Å². The second-order valence-electron chi connectivity index (χ2n) is 4.42. The van der Waals surface area contributed by atoms with Gasteiger partial charge in [-0.25, -0.2) is 8.42 Å². The molecule has 0 aliphatic carbocycles. The van der Waals surface area contributed by atoms with Gasteiger partial charge >= 0.3 is 0 Å². The molecule has 1 aliphatic rings. The van der Waals surface area contributed by atoms with Gasteiger partial charge in [0.1, 0.15) is 5.75 Å². The Labute approximate surface area is 115 Å². The zero-order chi connectivity index (χ0) is 13.3. The Morgan fingerprint density at radius 3 is 2.06 bits per heavy atom. The van der Waals surface area contributed by atoms with Crippen LogP contribution in [0.1, 0.15) is 51.4 Å². The molecule has 0 aromatic heterocycles. The molecule has 0 fully saturated rings. The number of alkyl halides is 1. The molecule has 0 saturated carbocycles. The third kappa shape index (κ3) is 6.34. The minimum Gasteiger partial charge on any atom is -0.225 e. The molecule has 0 radical (unpaired) electrons. The molecule has 1 atom stereocenters. The van der Waals surface area contributed by atoms with Gasteiger partial charge in [0.15, 0.2) is 14.5 Å². The van der Waals surface area contributed by atoms with Crippen LogP contribution in [0.3, 0.4) is 0 Å². The van der Waals surface area contributed by atoms with Crippen LogP contribution in [-0.2, 0) is 9.84 Å². The number of hydrogen-bond acceptors (Lipinski definition) is 2. The van der Waals surface area contributed by atoms with E-state index in [1.807, 2.05) is 0 Å². The minimum atomic E-state index is -3.40. The molecule has 2 nitrogen and oxygen atoms in total. The van der Waals surface area contributed by atoms with Crippen LogP contribution in [0.15, 0.2) is 0 Å². The highest BCUT2D eigenvalue weighted by Crippen LogP contribution is 2.10. The van der Waals surface area contributed by atoms with Crippen LogP contribution < -0.4 is 0 Å². The van der Waals surface area contributed by atoms with Gasteiger partial charge in [-0.3, -0.25) is 0 Å². The van der Waals surface area contributed by atoms with Crippen molar-refractivity contribution in [3.63, 3.8) is 0 Å². The van der Waals surface area contributed by atoms with Crippen molar-refractivity contribution in [1.29, 1.82) is 0 Å². The quantitative estimate of drug-likeness (QED) is 0.506. The summed E-state index contributed by atoms with van der Waals surface area (Å²) in [6.45, 7) is 0. The van der Waals surface area contributed by atoms with Gasteiger partial charge in [0.05, 0.1) is 0 Å². The predicted molar refractivity (Wildman–Crippen MR) is 75.9 cm³/mol. The van der Waals surface area contributed by atoms with E-state index >= 15 is 0 Å². The second kappa shape index (κ2) is 8.46. The van der Waals surface area contributed by atoms with Crippen molar-refractivity contribution >= 4 is 21.4 Å². The highest BCUT2D eigenvalue weighted by Gasteiger charge is 2.19. The van der Waals surface area contributed by atoms with Crippen LogP contribution in [-0.4, -0.2) is 18.9 Å². The Hall–Kier alpha value is -0.640. The Balaban J connectivity index is 2.65. The molecule has 1 heterocycles. The van der Waals surface area contributed by atoms with Gasteiger partial charge in [-0.05, 0) is 12.8 Å². The van der Waals surface area contributed by atoms with Crippen LogP contribution in [0.4, 0.5) is 0 Å². The van der Waals surface area contributed by atoms with Gasteiger partial charge in [0.25, 0.3) is 0 Å². The summed E-state index contributed by atoms with van der Waals surface area (Å²) in [5.41, 5.74) is 0. The number of hydrogen-bond donors (Lipinski definition) is 0. The zero-order valence-corrected chi connectivity index (χ0v) is 12.1. The van der Waals surface area contributed by atoms with Crippen LogP contribution in [0.5, 0.6) is 0 Å². The highest BCUT2D eigenvalue weighted by atomic mass is 35.5. The molecule has 0 bridgehead atoms. The largest absolute Gasteiger partial charge is 0.225 e. The molecular weight excluding hydrogens is 268 g/mol. The van der Waals surface area contributed by atoms with E-state index in [0.29, 0.717) is 0 Å². The first-order chi connectivity index (χ1) is 8.63. The van der Waals surface area contributed by atoms with Gasteiger partial charge in [-0.15, -0.1) is 11.8 Å². The monoisotopic (exact) mass is 286 g/mol.